The van der Waals surface area contributed by atoms with Crippen LogP contribution in [-0.2, 0) is 6.42 Å². The second kappa shape index (κ2) is 7.62. The third kappa shape index (κ3) is 4.34. The Bertz CT molecular complexity index is 902. The van der Waals surface area contributed by atoms with Gasteiger partial charge in [0.15, 0.2) is 0 Å². The Kier molecular flexibility index (Phi) is 5.29. The zero-order valence-electron chi connectivity index (χ0n) is 14.0. The molecule has 25 heavy (non-hydrogen) atoms. The van der Waals surface area contributed by atoms with Crippen LogP contribution in [0, 0.1) is 5.82 Å². The van der Waals surface area contributed by atoms with Crippen LogP contribution < -0.4 is 0 Å². The van der Waals surface area contributed by atoms with Crippen LogP contribution in [0.5, 0.6) is 0 Å². The van der Waals surface area contributed by atoms with E-state index >= 15 is 0 Å². The van der Waals surface area contributed by atoms with E-state index in [4.69, 9.17) is 16.0 Å². The van der Waals surface area contributed by atoms with Crippen molar-refractivity contribution < 1.29 is 8.81 Å². The molecule has 3 rings (SSSR count). The van der Waals surface area contributed by atoms with Crippen LogP contribution >= 0.6 is 11.6 Å². The number of rotatable bonds is 5. The highest BCUT2D eigenvalue weighted by Crippen LogP contribution is 2.22. The molecule has 3 aromatic rings. The molecule has 0 spiro atoms. The fraction of sp³-hybridized carbons (Fsp3) is 0.200. The molecule has 0 atom stereocenters. The third-order valence-corrected chi connectivity index (χ3v) is 4.13. The number of hydrogen-bond donors (Lipinski definition) is 0. The normalized spacial score (nSPS) is 11.6. The van der Waals surface area contributed by atoms with E-state index in [1.54, 1.807) is 18.2 Å². The minimum atomic E-state index is -0.441. The average Bonchev–Trinajstić information content (AvgIpc) is 3.04. The number of aromatic nitrogens is 2. The first-order valence-corrected chi connectivity index (χ1v) is 8.44. The molecule has 1 aromatic heterocycles. The standard InChI is InChI=1S/C20H18ClFN2O/c1-13(2)16-6-4-3-5-15(16)8-10-19-23-24-20(25-19)12-14-7-9-18(22)17(21)11-14/h3-11,13H,12H2,1-2H3/b10-8+. The van der Waals surface area contributed by atoms with E-state index in [-0.39, 0.29) is 5.02 Å². The van der Waals surface area contributed by atoms with Crippen LogP contribution in [0.1, 0.15) is 48.2 Å². The lowest BCUT2D eigenvalue weighted by atomic mass is 9.97. The molecule has 0 aliphatic carbocycles. The lowest BCUT2D eigenvalue weighted by Gasteiger charge is -2.08. The maximum atomic E-state index is 13.2. The van der Waals surface area contributed by atoms with E-state index in [2.05, 4.69) is 36.2 Å². The quantitative estimate of drug-likeness (QED) is 0.584. The first-order valence-electron chi connectivity index (χ1n) is 8.06. The van der Waals surface area contributed by atoms with Gasteiger partial charge in [0.25, 0.3) is 0 Å². The number of halogens is 2. The molecule has 0 saturated carbocycles. The summed E-state index contributed by atoms with van der Waals surface area (Å²) in [6, 6.07) is 12.8. The fourth-order valence-electron chi connectivity index (χ4n) is 2.58. The predicted octanol–water partition coefficient (Wildman–Crippen LogP) is 5.75. The van der Waals surface area contributed by atoms with Gasteiger partial charge in [-0.1, -0.05) is 55.8 Å². The van der Waals surface area contributed by atoms with Gasteiger partial charge in [0.1, 0.15) is 5.82 Å². The van der Waals surface area contributed by atoms with Crippen molar-refractivity contribution in [1.82, 2.24) is 10.2 Å². The maximum Gasteiger partial charge on any atom is 0.240 e. The SMILES string of the molecule is CC(C)c1ccccc1/C=C/c1nnc(Cc2ccc(F)c(Cl)c2)o1. The molecule has 1 heterocycles. The molecule has 0 saturated heterocycles. The Morgan fingerprint density at radius 1 is 1.12 bits per heavy atom. The van der Waals surface area contributed by atoms with Gasteiger partial charge in [-0.15, -0.1) is 10.2 Å². The minimum Gasteiger partial charge on any atom is -0.421 e. The number of nitrogens with zero attached hydrogens (tertiary/aromatic N) is 2. The van der Waals surface area contributed by atoms with Gasteiger partial charge in [-0.2, -0.15) is 0 Å². The highest BCUT2D eigenvalue weighted by atomic mass is 35.5. The average molecular weight is 357 g/mol. The molecule has 0 N–H and O–H groups in total. The molecular formula is C20H18ClFN2O. The summed E-state index contributed by atoms with van der Waals surface area (Å²) in [5.41, 5.74) is 3.21. The van der Waals surface area contributed by atoms with Crippen LogP contribution in [0.15, 0.2) is 46.9 Å². The fourth-order valence-corrected chi connectivity index (χ4v) is 2.78. The lowest BCUT2D eigenvalue weighted by Crippen LogP contribution is -1.90. The monoisotopic (exact) mass is 356 g/mol. The van der Waals surface area contributed by atoms with Crippen LogP contribution in [0.2, 0.25) is 5.02 Å². The molecule has 0 bridgehead atoms. The first kappa shape index (κ1) is 17.4. The molecular weight excluding hydrogens is 339 g/mol. The highest BCUT2D eigenvalue weighted by Gasteiger charge is 2.08. The second-order valence-corrected chi connectivity index (χ2v) is 6.48. The second-order valence-electron chi connectivity index (χ2n) is 6.08. The van der Waals surface area contributed by atoms with Crippen molar-refractivity contribution in [3.05, 3.63) is 81.8 Å². The summed E-state index contributed by atoms with van der Waals surface area (Å²) in [6.07, 6.45) is 4.18. The molecule has 0 amide bonds. The van der Waals surface area contributed by atoms with Crippen molar-refractivity contribution in [3.63, 3.8) is 0 Å². The van der Waals surface area contributed by atoms with Crippen molar-refractivity contribution in [2.24, 2.45) is 0 Å². The van der Waals surface area contributed by atoms with Gasteiger partial charge >= 0.3 is 0 Å². The highest BCUT2D eigenvalue weighted by molar-refractivity contribution is 6.30. The number of benzene rings is 2. The van der Waals surface area contributed by atoms with E-state index in [0.717, 1.165) is 11.1 Å². The maximum absolute atomic E-state index is 13.2. The zero-order valence-corrected chi connectivity index (χ0v) is 14.8. The van der Waals surface area contributed by atoms with Crippen LogP contribution in [0.4, 0.5) is 4.39 Å². The van der Waals surface area contributed by atoms with Gasteiger partial charge in [0, 0.05) is 6.08 Å². The third-order valence-electron chi connectivity index (χ3n) is 3.85. The Morgan fingerprint density at radius 2 is 1.92 bits per heavy atom. The summed E-state index contributed by atoms with van der Waals surface area (Å²) in [6.45, 7) is 4.32. The molecule has 2 aromatic carbocycles. The Labute approximate surface area is 151 Å². The van der Waals surface area contributed by atoms with Crippen molar-refractivity contribution in [2.45, 2.75) is 26.2 Å². The van der Waals surface area contributed by atoms with E-state index in [1.165, 1.54) is 11.6 Å². The van der Waals surface area contributed by atoms with Gasteiger partial charge in [-0.05, 0) is 40.8 Å². The molecule has 0 aliphatic rings. The molecule has 0 fully saturated rings. The van der Waals surface area contributed by atoms with E-state index in [0.29, 0.717) is 24.1 Å². The summed E-state index contributed by atoms with van der Waals surface area (Å²) in [5.74, 6) is 0.881. The molecule has 3 nitrogen and oxygen atoms in total. The van der Waals surface area contributed by atoms with Gasteiger partial charge < -0.3 is 4.42 Å². The smallest absolute Gasteiger partial charge is 0.240 e. The Morgan fingerprint density at radius 3 is 2.68 bits per heavy atom. The summed E-state index contributed by atoms with van der Waals surface area (Å²) < 4.78 is 18.8. The van der Waals surface area contributed by atoms with Crippen molar-refractivity contribution in [3.8, 4) is 0 Å². The van der Waals surface area contributed by atoms with E-state index < -0.39 is 5.82 Å². The Hall–Kier alpha value is -2.46. The van der Waals surface area contributed by atoms with E-state index in [1.807, 2.05) is 18.2 Å². The largest absolute Gasteiger partial charge is 0.421 e. The van der Waals surface area contributed by atoms with Crippen molar-refractivity contribution in [1.29, 1.82) is 0 Å². The van der Waals surface area contributed by atoms with E-state index in [9.17, 15) is 4.39 Å². The summed E-state index contributed by atoms with van der Waals surface area (Å²) in [5, 5.41) is 8.15. The van der Waals surface area contributed by atoms with Gasteiger partial charge in [-0.25, -0.2) is 4.39 Å². The molecule has 128 valence electrons. The topological polar surface area (TPSA) is 38.9 Å². The minimum absolute atomic E-state index is 0.0856. The zero-order chi connectivity index (χ0) is 17.8. The summed E-state index contributed by atoms with van der Waals surface area (Å²) >= 11 is 5.79. The molecule has 0 aliphatic heterocycles. The molecule has 5 heteroatoms. The van der Waals surface area contributed by atoms with Crippen molar-refractivity contribution in [2.75, 3.05) is 0 Å². The Balaban J connectivity index is 1.74. The van der Waals surface area contributed by atoms with Crippen LogP contribution in [0.25, 0.3) is 12.2 Å². The van der Waals surface area contributed by atoms with Crippen LogP contribution in [0.3, 0.4) is 0 Å². The molecule has 0 radical (unpaired) electrons. The number of hydrogen-bond acceptors (Lipinski definition) is 3. The van der Waals surface area contributed by atoms with Gasteiger partial charge in [0.2, 0.25) is 11.8 Å². The van der Waals surface area contributed by atoms with Gasteiger partial charge in [-0.3, -0.25) is 0 Å². The van der Waals surface area contributed by atoms with Crippen LogP contribution in [-0.4, -0.2) is 10.2 Å². The van der Waals surface area contributed by atoms with Gasteiger partial charge in [0.05, 0.1) is 11.4 Å². The summed E-state index contributed by atoms with van der Waals surface area (Å²) in [7, 11) is 0. The predicted molar refractivity (Wildman–Crippen MR) is 98.0 cm³/mol. The first-order chi connectivity index (χ1) is 12.0. The lowest BCUT2D eigenvalue weighted by molar-refractivity contribution is 0.496. The summed E-state index contributed by atoms with van der Waals surface area (Å²) in [4.78, 5) is 0. The molecule has 0 unspecified atom stereocenters. The van der Waals surface area contributed by atoms with Crippen molar-refractivity contribution >= 4 is 23.8 Å².